The number of rotatable bonds is 2. The van der Waals surface area contributed by atoms with E-state index in [1.54, 1.807) is 18.2 Å². The maximum atomic E-state index is 13.0. The van der Waals surface area contributed by atoms with Crippen LogP contribution in [0.1, 0.15) is 0 Å². The van der Waals surface area contributed by atoms with E-state index in [2.05, 4.69) is 26.3 Å². The monoisotopic (exact) mass is 348 g/mol. The highest BCUT2D eigenvalue weighted by Gasteiger charge is 2.12. The number of benzene rings is 2. The van der Waals surface area contributed by atoms with Crippen LogP contribution in [0.5, 0.6) is 0 Å². The van der Waals surface area contributed by atoms with Crippen LogP contribution in [0.2, 0.25) is 0 Å². The van der Waals surface area contributed by atoms with E-state index in [9.17, 15) is 9.18 Å². The molecule has 0 aliphatic heterocycles. The van der Waals surface area contributed by atoms with Gasteiger partial charge < -0.3 is 0 Å². The zero-order valence-electron chi connectivity index (χ0n) is 10.7. The van der Waals surface area contributed by atoms with E-state index in [-0.39, 0.29) is 17.3 Å². The minimum absolute atomic E-state index is 0.182. The number of anilines is 1. The van der Waals surface area contributed by atoms with Crippen molar-refractivity contribution in [2.24, 2.45) is 5.84 Å². The molecule has 0 fully saturated rings. The van der Waals surface area contributed by atoms with Crippen LogP contribution in [0.4, 0.5) is 10.3 Å². The van der Waals surface area contributed by atoms with Gasteiger partial charge in [-0.1, -0.05) is 15.9 Å². The zero-order valence-corrected chi connectivity index (χ0v) is 12.3. The molecule has 0 saturated heterocycles. The van der Waals surface area contributed by atoms with Gasteiger partial charge in [0.1, 0.15) is 5.82 Å². The molecule has 3 N–H and O–H groups in total. The highest BCUT2D eigenvalue weighted by Crippen LogP contribution is 2.19. The number of hydrazine groups is 1. The number of nitrogen functional groups attached to an aromatic ring is 1. The van der Waals surface area contributed by atoms with Crippen LogP contribution < -0.4 is 16.8 Å². The van der Waals surface area contributed by atoms with Crippen LogP contribution in [0.25, 0.3) is 16.6 Å². The zero-order chi connectivity index (χ0) is 15.0. The number of halogens is 2. The van der Waals surface area contributed by atoms with Gasteiger partial charge in [0.15, 0.2) is 0 Å². The molecule has 0 bridgehead atoms. The summed E-state index contributed by atoms with van der Waals surface area (Å²) in [5.74, 6) is 5.25. The number of nitrogens with two attached hydrogens (primary N) is 1. The fourth-order valence-electron chi connectivity index (χ4n) is 2.08. The Hall–Kier alpha value is -2.25. The van der Waals surface area contributed by atoms with Crippen LogP contribution >= 0.6 is 15.9 Å². The van der Waals surface area contributed by atoms with Crippen LogP contribution in [0.15, 0.2) is 51.7 Å². The topological polar surface area (TPSA) is 72.9 Å². The maximum Gasteiger partial charge on any atom is 0.267 e. The fraction of sp³-hybridized carbons (Fsp3) is 0. The number of nitrogens with zero attached hydrogens (tertiary/aromatic N) is 2. The van der Waals surface area contributed by atoms with Gasteiger partial charge in [-0.15, -0.1) is 0 Å². The quantitative estimate of drug-likeness (QED) is 0.551. The lowest BCUT2D eigenvalue weighted by Gasteiger charge is -2.12. The first kappa shape index (κ1) is 13.7. The molecule has 2 aromatic carbocycles. The summed E-state index contributed by atoms with van der Waals surface area (Å²) in [6.07, 6.45) is 0. The molecular formula is C14H10BrFN4O. The number of hydrogen-bond donors (Lipinski definition) is 2. The third-order valence-electron chi connectivity index (χ3n) is 3.04. The second-order valence-electron chi connectivity index (χ2n) is 4.36. The van der Waals surface area contributed by atoms with E-state index in [1.165, 1.54) is 28.8 Å². The summed E-state index contributed by atoms with van der Waals surface area (Å²) in [6, 6.07) is 10.7. The molecule has 0 atom stereocenters. The standard InChI is InChI=1S/C14H10BrFN4O/c15-8-1-6-12-11(7-8)13(21)20(14(18-12)19-17)10-4-2-9(16)3-5-10/h1-7H,17H2,(H,18,19). The molecule has 1 aromatic heterocycles. The number of fused-ring (bicyclic) bond motifs is 1. The minimum atomic E-state index is -0.384. The molecule has 0 saturated carbocycles. The lowest BCUT2D eigenvalue weighted by Crippen LogP contribution is -2.26. The van der Waals surface area contributed by atoms with E-state index in [0.717, 1.165) is 4.47 Å². The molecule has 0 amide bonds. The van der Waals surface area contributed by atoms with Gasteiger partial charge in [-0.25, -0.2) is 19.8 Å². The molecule has 0 spiro atoms. The van der Waals surface area contributed by atoms with Crippen molar-refractivity contribution < 1.29 is 4.39 Å². The van der Waals surface area contributed by atoms with Crippen LogP contribution in [-0.4, -0.2) is 9.55 Å². The van der Waals surface area contributed by atoms with Gasteiger partial charge in [0.25, 0.3) is 5.56 Å². The molecule has 7 heteroatoms. The van der Waals surface area contributed by atoms with Gasteiger partial charge in [0, 0.05) is 4.47 Å². The first-order valence-corrected chi connectivity index (χ1v) is 6.84. The molecule has 0 aliphatic rings. The summed E-state index contributed by atoms with van der Waals surface area (Å²) in [4.78, 5) is 17.0. The smallest absolute Gasteiger partial charge is 0.267 e. The molecule has 0 radical (unpaired) electrons. The summed E-state index contributed by atoms with van der Waals surface area (Å²) in [5.41, 5.74) is 3.11. The second kappa shape index (κ2) is 5.27. The third kappa shape index (κ3) is 2.41. The summed E-state index contributed by atoms with van der Waals surface area (Å²) in [5, 5.41) is 0.438. The van der Waals surface area contributed by atoms with Crippen LogP contribution in [0.3, 0.4) is 0 Å². The Balaban J connectivity index is 2.37. The minimum Gasteiger partial charge on any atom is -0.293 e. The van der Waals surface area contributed by atoms with Crippen molar-refractivity contribution in [1.29, 1.82) is 0 Å². The highest BCUT2D eigenvalue weighted by molar-refractivity contribution is 9.10. The summed E-state index contributed by atoms with van der Waals surface area (Å²) >= 11 is 3.33. The van der Waals surface area contributed by atoms with Crippen LogP contribution in [-0.2, 0) is 0 Å². The normalized spacial score (nSPS) is 10.8. The molecule has 3 rings (SSSR count). The maximum absolute atomic E-state index is 13.0. The van der Waals surface area contributed by atoms with Gasteiger partial charge in [-0.2, -0.15) is 0 Å². The molecule has 3 aromatic rings. The van der Waals surface area contributed by atoms with E-state index < -0.39 is 0 Å². The van der Waals surface area contributed by atoms with Crippen LogP contribution in [0, 0.1) is 5.82 Å². The molecule has 106 valence electrons. The van der Waals surface area contributed by atoms with Crippen molar-refractivity contribution in [2.45, 2.75) is 0 Å². The predicted molar refractivity (Wildman–Crippen MR) is 82.8 cm³/mol. The van der Waals surface area contributed by atoms with Gasteiger partial charge in [0.2, 0.25) is 5.95 Å². The van der Waals surface area contributed by atoms with E-state index in [1.807, 2.05) is 0 Å². The van der Waals surface area contributed by atoms with Crippen molar-refractivity contribution in [3.63, 3.8) is 0 Å². The van der Waals surface area contributed by atoms with Gasteiger partial charge in [-0.05, 0) is 42.5 Å². The summed E-state index contributed by atoms with van der Waals surface area (Å²) < 4.78 is 15.1. The van der Waals surface area contributed by atoms with Gasteiger partial charge >= 0.3 is 0 Å². The Morgan fingerprint density at radius 1 is 1.19 bits per heavy atom. The van der Waals surface area contributed by atoms with Crippen molar-refractivity contribution in [3.8, 4) is 5.69 Å². The molecule has 5 nitrogen and oxygen atoms in total. The van der Waals surface area contributed by atoms with Crippen molar-refractivity contribution in [1.82, 2.24) is 9.55 Å². The fourth-order valence-corrected chi connectivity index (χ4v) is 2.45. The number of aromatic nitrogens is 2. The Labute approximate surface area is 127 Å². The average molecular weight is 349 g/mol. The predicted octanol–water partition coefficient (Wildman–Crippen LogP) is 2.57. The molecule has 0 aliphatic carbocycles. The largest absolute Gasteiger partial charge is 0.293 e. The number of hydrogen-bond acceptors (Lipinski definition) is 4. The molecular weight excluding hydrogens is 339 g/mol. The lowest BCUT2D eigenvalue weighted by molar-refractivity contribution is 0.627. The molecule has 21 heavy (non-hydrogen) atoms. The average Bonchev–Trinajstić information content (AvgIpc) is 2.49. The lowest BCUT2D eigenvalue weighted by atomic mass is 10.2. The molecule has 0 unspecified atom stereocenters. The Morgan fingerprint density at radius 2 is 1.90 bits per heavy atom. The third-order valence-corrected chi connectivity index (χ3v) is 3.54. The van der Waals surface area contributed by atoms with Crippen molar-refractivity contribution in [3.05, 3.63) is 63.1 Å². The molecule has 1 heterocycles. The highest BCUT2D eigenvalue weighted by atomic mass is 79.9. The van der Waals surface area contributed by atoms with Gasteiger partial charge in [-0.3, -0.25) is 10.2 Å². The van der Waals surface area contributed by atoms with Gasteiger partial charge in [0.05, 0.1) is 16.6 Å². The first-order chi connectivity index (χ1) is 10.1. The SMILES string of the molecule is NNc1nc2ccc(Br)cc2c(=O)n1-c1ccc(F)cc1. The first-order valence-electron chi connectivity index (χ1n) is 6.05. The van der Waals surface area contributed by atoms with Crippen molar-refractivity contribution in [2.75, 3.05) is 5.43 Å². The Bertz CT molecular complexity index is 877. The number of nitrogens with one attached hydrogen (secondary N) is 1. The van der Waals surface area contributed by atoms with E-state index in [0.29, 0.717) is 16.6 Å². The Morgan fingerprint density at radius 3 is 2.57 bits per heavy atom. The van der Waals surface area contributed by atoms with Crippen molar-refractivity contribution >= 4 is 32.8 Å². The second-order valence-corrected chi connectivity index (χ2v) is 5.27. The van der Waals surface area contributed by atoms with E-state index >= 15 is 0 Å². The Kier molecular flexibility index (Phi) is 3.44. The van der Waals surface area contributed by atoms with E-state index in [4.69, 9.17) is 5.84 Å². The summed E-state index contributed by atoms with van der Waals surface area (Å²) in [6.45, 7) is 0. The summed E-state index contributed by atoms with van der Waals surface area (Å²) in [7, 11) is 0.